The molecule has 2 rings (SSSR count). The van der Waals surface area contributed by atoms with Crippen molar-refractivity contribution >= 4 is 17.7 Å². The molecule has 1 aromatic rings. The van der Waals surface area contributed by atoms with Gasteiger partial charge in [0.25, 0.3) is 0 Å². The number of hydrogen-bond acceptors (Lipinski definition) is 4. The fraction of sp³-hybridized carbons (Fsp3) is 0.444. The normalized spacial score (nSPS) is 17.6. The molecule has 1 heterocycles. The minimum atomic E-state index is -0.507. The van der Waals surface area contributed by atoms with Gasteiger partial charge in [-0.25, -0.2) is 9.59 Å². The van der Waals surface area contributed by atoms with Crippen molar-refractivity contribution in [3.8, 4) is 0 Å². The fourth-order valence-corrected chi connectivity index (χ4v) is 2.93. The van der Waals surface area contributed by atoms with Crippen LogP contribution in [0.25, 0.3) is 0 Å². The molecular weight excluding hydrogens is 306 g/mol. The standard InChI is InChI=1S/C18H25N3O3/c1-6-21(7-2)14-10-8-13(9-11-14)16-15(17(22)24-5)12(3)20(4)18(23)19-16/h8-11,16H,6-7H2,1-5H3,(H,19,23)/t16-/m0/s1. The van der Waals surface area contributed by atoms with Gasteiger partial charge >= 0.3 is 12.0 Å². The maximum Gasteiger partial charge on any atom is 0.337 e. The van der Waals surface area contributed by atoms with Crippen LogP contribution in [0.4, 0.5) is 10.5 Å². The summed E-state index contributed by atoms with van der Waals surface area (Å²) in [6.07, 6.45) is 0. The number of amides is 2. The van der Waals surface area contributed by atoms with Crippen LogP contribution in [-0.4, -0.2) is 44.1 Å². The van der Waals surface area contributed by atoms with E-state index in [-0.39, 0.29) is 6.03 Å². The minimum absolute atomic E-state index is 0.238. The molecule has 0 spiro atoms. The molecule has 1 aliphatic heterocycles. The average Bonchev–Trinajstić information content (AvgIpc) is 2.60. The number of methoxy groups -OCH3 is 1. The predicted octanol–water partition coefficient (Wildman–Crippen LogP) is 2.68. The summed E-state index contributed by atoms with van der Waals surface area (Å²) < 4.78 is 4.91. The monoisotopic (exact) mass is 331 g/mol. The third-order valence-electron chi connectivity index (χ3n) is 4.51. The van der Waals surface area contributed by atoms with Gasteiger partial charge in [0, 0.05) is 31.5 Å². The third kappa shape index (κ3) is 3.22. The number of nitrogens with one attached hydrogen (secondary N) is 1. The molecule has 0 fully saturated rings. The van der Waals surface area contributed by atoms with Gasteiger partial charge in [-0.05, 0) is 38.5 Å². The van der Waals surface area contributed by atoms with Crippen LogP contribution in [0.15, 0.2) is 35.5 Å². The molecule has 130 valence electrons. The van der Waals surface area contributed by atoms with Crippen LogP contribution in [0, 0.1) is 0 Å². The highest BCUT2D eigenvalue weighted by Crippen LogP contribution is 2.31. The van der Waals surface area contributed by atoms with Gasteiger partial charge in [0.05, 0.1) is 18.7 Å². The molecule has 6 heteroatoms. The smallest absolute Gasteiger partial charge is 0.337 e. The second-order valence-corrected chi connectivity index (χ2v) is 5.70. The first-order valence-corrected chi connectivity index (χ1v) is 8.12. The number of benzene rings is 1. The maximum atomic E-state index is 12.2. The van der Waals surface area contributed by atoms with E-state index in [9.17, 15) is 9.59 Å². The summed E-state index contributed by atoms with van der Waals surface area (Å²) in [6, 6.07) is 7.17. The van der Waals surface area contributed by atoms with E-state index < -0.39 is 12.0 Å². The van der Waals surface area contributed by atoms with Crippen LogP contribution in [0.2, 0.25) is 0 Å². The van der Waals surface area contributed by atoms with Crippen LogP contribution in [-0.2, 0) is 9.53 Å². The maximum absolute atomic E-state index is 12.2. The molecule has 0 saturated heterocycles. The van der Waals surface area contributed by atoms with Crippen LogP contribution in [0.5, 0.6) is 0 Å². The summed E-state index contributed by atoms with van der Waals surface area (Å²) in [7, 11) is 2.98. The summed E-state index contributed by atoms with van der Waals surface area (Å²) in [4.78, 5) is 28.0. The Morgan fingerprint density at radius 3 is 2.33 bits per heavy atom. The van der Waals surface area contributed by atoms with Crippen molar-refractivity contribution in [3.63, 3.8) is 0 Å². The zero-order valence-electron chi connectivity index (χ0n) is 14.9. The first-order chi connectivity index (χ1) is 11.4. The number of allylic oxidation sites excluding steroid dienone is 1. The van der Waals surface area contributed by atoms with Gasteiger partial charge in [0.15, 0.2) is 0 Å². The first-order valence-electron chi connectivity index (χ1n) is 8.12. The Bertz CT molecular complexity index is 648. The molecule has 0 bridgehead atoms. The molecule has 0 radical (unpaired) electrons. The number of ether oxygens (including phenoxy) is 1. The lowest BCUT2D eigenvalue weighted by atomic mass is 9.95. The molecule has 2 amide bonds. The lowest BCUT2D eigenvalue weighted by Crippen LogP contribution is -2.46. The number of rotatable bonds is 5. The third-order valence-corrected chi connectivity index (χ3v) is 4.51. The zero-order chi connectivity index (χ0) is 17.9. The van der Waals surface area contributed by atoms with E-state index in [0.29, 0.717) is 11.3 Å². The summed E-state index contributed by atoms with van der Waals surface area (Å²) in [5.74, 6) is -0.433. The Morgan fingerprint density at radius 1 is 1.25 bits per heavy atom. The van der Waals surface area contributed by atoms with Crippen LogP contribution in [0.3, 0.4) is 0 Å². The molecule has 6 nitrogen and oxygen atoms in total. The van der Waals surface area contributed by atoms with Crippen LogP contribution in [0.1, 0.15) is 32.4 Å². The SMILES string of the molecule is CCN(CC)c1ccc([C@@H]2NC(=O)N(C)C(C)=C2C(=O)OC)cc1. The topological polar surface area (TPSA) is 61.9 Å². The molecule has 1 atom stereocenters. The zero-order valence-corrected chi connectivity index (χ0v) is 14.9. The molecule has 0 aliphatic carbocycles. The Labute approximate surface area is 143 Å². The lowest BCUT2D eigenvalue weighted by molar-refractivity contribution is -0.136. The van der Waals surface area contributed by atoms with Crippen molar-refractivity contribution in [3.05, 3.63) is 41.1 Å². The fourth-order valence-electron chi connectivity index (χ4n) is 2.93. The summed E-state index contributed by atoms with van der Waals surface area (Å²) in [5.41, 5.74) is 3.02. The number of carbonyl (C=O) groups excluding carboxylic acids is 2. The van der Waals surface area contributed by atoms with E-state index in [1.807, 2.05) is 24.3 Å². The largest absolute Gasteiger partial charge is 0.466 e. The molecule has 24 heavy (non-hydrogen) atoms. The Hall–Kier alpha value is -2.50. The van der Waals surface area contributed by atoms with Gasteiger partial charge in [-0.3, -0.25) is 0 Å². The number of urea groups is 1. The van der Waals surface area contributed by atoms with Crippen molar-refractivity contribution in [2.75, 3.05) is 32.1 Å². The van der Waals surface area contributed by atoms with Crippen molar-refractivity contribution in [2.45, 2.75) is 26.8 Å². The van der Waals surface area contributed by atoms with Crippen molar-refractivity contribution in [1.82, 2.24) is 10.2 Å². The van der Waals surface area contributed by atoms with Gasteiger partial charge in [0.1, 0.15) is 0 Å². The van der Waals surface area contributed by atoms with Gasteiger partial charge in [-0.2, -0.15) is 0 Å². The molecule has 1 aliphatic rings. The van der Waals surface area contributed by atoms with Crippen molar-refractivity contribution in [2.24, 2.45) is 0 Å². The highest BCUT2D eigenvalue weighted by Gasteiger charge is 2.34. The lowest BCUT2D eigenvalue weighted by Gasteiger charge is -2.33. The summed E-state index contributed by atoms with van der Waals surface area (Å²) >= 11 is 0. The molecule has 0 aromatic heterocycles. The van der Waals surface area contributed by atoms with Gasteiger partial charge in [-0.1, -0.05) is 12.1 Å². The van der Waals surface area contributed by atoms with Gasteiger partial charge in [0.2, 0.25) is 0 Å². The Kier molecular flexibility index (Phi) is 5.49. The molecule has 1 aromatic carbocycles. The van der Waals surface area contributed by atoms with E-state index in [1.54, 1.807) is 14.0 Å². The number of carbonyl (C=O) groups is 2. The van der Waals surface area contributed by atoms with E-state index in [0.717, 1.165) is 24.3 Å². The average molecular weight is 331 g/mol. The van der Waals surface area contributed by atoms with Gasteiger partial charge < -0.3 is 19.9 Å². The molecule has 1 N–H and O–H groups in total. The highest BCUT2D eigenvalue weighted by atomic mass is 16.5. The number of nitrogens with zero attached hydrogens (tertiary/aromatic N) is 2. The van der Waals surface area contributed by atoms with Crippen LogP contribution < -0.4 is 10.2 Å². The summed E-state index contributed by atoms with van der Waals surface area (Å²) in [5, 5.41) is 2.87. The van der Waals surface area contributed by atoms with Crippen LogP contribution >= 0.6 is 0 Å². The number of esters is 1. The second kappa shape index (κ2) is 7.38. The quantitative estimate of drug-likeness (QED) is 0.843. The second-order valence-electron chi connectivity index (χ2n) is 5.70. The Balaban J connectivity index is 2.41. The summed E-state index contributed by atoms with van der Waals surface area (Å²) in [6.45, 7) is 7.81. The highest BCUT2D eigenvalue weighted by molar-refractivity contribution is 5.94. The molecule has 0 unspecified atom stereocenters. The molecular formula is C18H25N3O3. The van der Waals surface area contributed by atoms with E-state index in [4.69, 9.17) is 4.74 Å². The van der Waals surface area contributed by atoms with Crippen molar-refractivity contribution < 1.29 is 14.3 Å². The molecule has 0 saturated carbocycles. The van der Waals surface area contributed by atoms with E-state index >= 15 is 0 Å². The minimum Gasteiger partial charge on any atom is -0.466 e. The predicted molar refractivity (Wildman–Crippen MR) is 93.8 cm³/mol. The Morgan fingerprint density at radius 2 is 1.83 bits per heavy atom. The number of hydrogen-bond donors (Lipinski definition) is 1. The van der Waals surface area contributed by atoms with Gasteiger partial charge in [-0.15, -0.1) is 0 Å². The first kappa shape index (κ1) is 17.8. The number of anilines is 1. The van der Waals surface area contributed by atoms with E-state index in [1.165, 1.54) is 12.0 Å². The van der Waals surface area contributed by atoms with E-state index in [2.05, 4.69) is 24.1 Å². The van der Waals surface area contributed by atoms with Crippen molar-refractivity contribution in [1.29, 1.82) is 0 Å².